The molecule has 1 rings (SSSR count). The highest BCUT2D eigenvalue weighted by atomic mass is 16.2. The molecule has 0 aromatic rings. The Morgan fingerprint density at radius 3 is 2.67 bits per heavy atom. The molecule has 2 atom stereocenters. The van der Waals surface area contributed by atoms with Crippen LogP contribution in [0.3, 0.4) is 0 Å². The molecule has 0 heterocycles. The Morgan fingerprint density at radius 1 is 1.28 bits per heavy atom. The van der Waals surface area contributed by atoms with Gasteiger partial charge in [-0.05, 0) is 58.7 Å². The van der Waals surface area contributed by atoms with E-state index in [-0.39, 0.29) is 0 Å². The van der Waals surface area contributed by atoms with Crippen LogP contribution in [0.4, 0.5) is 0 Å². The molecule has 0 aromatic heterocycles. The molecule has 0 radical (unpaired) electrons. The van der Waals surface area contributed by atoms with Gasteiger partial charge in [-0.25, -0.2) is 0 Å². The molecule has 0 amide bonds. The Hall–Kier alpha value is -0.120. The van der Waals surface area contributed by atoms with E-state index >= 15 is 0 Å². The van der Waals surface area contributed by atoms with Crippen molar-refractivity contribution in [3.63, 3.8) is 0 Å². The number of hydrogen-bond acceptors (Lipinski definition) is 3. The van der Waals surface area contributed by atoms with Gasteiger partial charge >= 0.3 is 0 Å². The van der Waals surface area contributed by atoms with Gasteiger partial charge in [-0.3, -0.25) is 0 Å². The molecule has 0 spiro atoms. The van der Waals surface area contributed by atoms with Crippen molar-refractivity contribution in [3.8, 4) is 0 Å². The zero-order valence-electron chi connectivity index (χ0n) is 12.5. The van der Waals surface area contributed by atoms with Crippen molar-refractivity contribution in [2.75, 3.05) is 33.8 Å². The lowest BCUT2D eigenvalue weighted by Crippen LogP contribution is -2.54. The molecule has 1 saturated carbocycles. The first-order valence-electron chi connectivity index (χ1n) is 7.60. The fourth-order valence-corrected chi connectivity index (χ4v) is 3.22. The van der Waals surface area contributed by atoms with Crippen LogP contribution in [0.25, 0.3) is 0 Å². The van der Waals surface area contributed by atoms with Gasteiger partial charge in [-0.2, -0.15) is 0 Å². The molecule has 108 valence electrons. The fraction of sp³-hybridized carbons (Fsp3) is 1.00. The summed E-state index contributed by atoms with van der Waals surface area (Å²) in [5.41, 5.74) is 0.370. The lowest BCUT2D eigenvalue weighted by atomic mass is 9.75. The third-order valence-corrected chi connectivity index (χ3v) is 4.48. The first-order chi connectivity index (χ1) is 8.60. The molecule has 3 nitrogen and oxygen atoms in total. The summed E-state index contributed by atoms with van der Waals surface area (Å²) >= 11 is 0. The highest BCUT2D eigenvalue weighted by Gasteiger charge is 2.36. The van der Waals surface area contributed by atoms with Gasteiger partial charge in [-0.15, -0.1) is 0 Å². The van der Waals surface area contributed by atoms with Crippen LogP contribution in [0.2, 0.25) is 0 Å². The maximum Gasteiger partial charge on any atom is 0.0431 e. The molecule has 3 heteroatoms. The van der Waals surface area contributed by atoms with Gasteiger partial charge in [0.05, 0.1) is 0 Å². The molecule has 1 aliphatic rings. The Labute approximate surface area is 113 Å². The second-order valence-corrected chi connectivity index (χ2v) is 6.28. The maximum atomic E-state index is 8.74. The van der Waals surface area contributed by atoms with E-state index in [0.29, 0.717) is 12.1 Å². The predicted octanol–water partition coefficient (Wildman–Crippen LogP) is 2.25. The number of hydrogen-bond donors (Lipinski definition) is 2. The van der Waals surface area contributed by atoms with Crippen molar-refractivity contribution in [2.24, 2.45) is 5.92 Å². The molecule has 2 N–H and O–H groups in total. The van der Waals surface area contributed by atoms with Crippen LogP contribution in [0, 0.1) is 5.92 Å². The molecular formula is C15H32N2O. The summed E-state index contributed by atoms with van der Waals surface area (Å²) in [4.78, 5) is 2.43. The molecule has 0 saturated heterocycles. The maximum absolute atomic E-state index is 8.74. The van der Waals surface area contributed by atoms with Crippen molar-refractivity contribution in [3.05, 3.63) is 0 Å². The molecule has 1 fully saturated rings. The van der Waals surface area contributed by atoms with Crippen molar-refractivity contribution < 1.29 is 5.11 Å². The average molecular weight is 256 g/mol. The fourth-order valence-electron chi connectivity index (χ4n) is 3.22. The lowest BCUT2D eigenvalue weighted by molar-refractivity contribution is 0.0753. The van der Waals surface area contributed by atoms with E-state index in [1.165, 1.54) is 32.1 Å². The number of unbranched alkanes of at least 4 members (excludes halogenated alkanes) is 2. The monoisotopic (exact) mass is 256 g/mol. The second-order valence-electron chi connectivity index (χ2n) is 6.28. The Morgan fingerprint density at radius 2 is 2.06 bits per heavy atom. The summed E-state index contributed by atoms with van der Waals surface area (Å²) in [6, 6.07) is 0. The first-order valence-corrected chi connectivity index (χ1v) is 7.60. The highest BCUT2D eigenvalue weighted by Crippen LogP contribution is 2.35. The quantitative estimate of drug-likeness (QED) is 0.654. The van der Waals surface area contributed by atoms with Crippen LogP contribution in [-0.2, 0) is 0 Å². The van der Waals surface area contributed by atoms with Gasteiger partial charge in [0.2, 0.25) is 0 Å². The van der Waals surface area contributed by atoms with Crippen LogP contribution in [0.1, 0.15) is 51.9 Å². The van der Waals surface area contributed by atoms with E-state index in [2.05, 4.69) is 31.2 Å². The zero-order chi connectivity index (χ0) is 13.4. The van der Waals surface area contributed by atoms with Crippen LogP contribution in [0.5, 0.6) is 0 Å². The zero-order valence-corrected chi connectivity index (χ0v) is 12.5. The Bertz CT molecular complexity index is 221. The van der Waals surface area contributed by atoms with Crippen LogP contribution >= 0.6 is 0 Å². The molecule has 0 aliphatic heterocycles. The van der Waals surface area contributed by atoms with Crippen molar-refractivity contribution in [1.29, 1.82) is 0 Å². The predicted molar refractivity (Wildman–Crippen MR) is 77.9 cm³/mol. The molecule has 2 unspecified atom stereocenters. The number of rotatable bonds is 8. The largest absolute Gasteiger partial charge is 0.396 e. The summed E-state index contributed by atoms with van der Waals surface area (Å²) in [5.74, 6) is 0.859. The number of aliphatic hydroxyl groups excluding tert-OH is 1. The van der Waals surface area contributed by atoms with E-state index in [1.54, 1.807) is 0 Å². The van der Waals surface area contributed by atoms with Crippen LogP contribution in [0.15, 0.2) is 0 Å². The van der Waals surface area contributed by atoms with E-state index in [9.17, 15) is 0 Å². The van der Waals surface area contributed by atoms with Gasteiger partial charge < -0.3 is 15.3 Å². The van der Waals surface area contributed by atoms with Gasteiger partial charge in [0.1, 0.15) is 0 Å². The minimum absolute atomic E-state index is 0.332. The summed E-state index contributed by atoms with van der Waals surface area (Å²) in [6.45, 7) is 4.92. The van der Waals surface area contributed by atoms with Gasteiger partial charge in [-0.1, -0.05) is 19.8 Å². The molecule has 18 heavy (non-hydrogen) atoms. The van der Waals surface area contributed by atoms with Gasteiger partial charge in [0.25, 0.3) is 0 Å². The number of likely N-dealkylation sites (N-methyl/N-ethyl adjacent to an activating group) is 1. The van der Waals surface area contributed by atoms with Gasteiger partial charge in [0, 0.05) is 18.7 Å². The summed E-state index contributed by atoms with van der Waals surface area (Å²) < 4.78 is 0. The van der Waals surface area contributed by atoms with Crippen molar-refractivity contribution in [1.82, 2.24) is 10.2 Å². The minimum Gasteiger partial charge on any atom is -0.396 e. The smallest absolute Gasteiger partial charge is 0.0431 e. The van der Waals surface area contributed by atoms with Crippen LogP contribution in [-0.4, -0.2) is 49.3 Å². The number of aliphatic hydroxyl groups is 1. The van der Waals surface area contributed by atoms with Crippen molar-refractivity contribution >= 4 is 0 Å². The first kappa shape index (κ1) is 15.9. The Balaban J connectivity index is 2.29. The third kappa shape index (κ3) is 4.87. The normalized spacial score (nSPS) is 28.8. The lowest BCUT2D eigenvalue weighted by Gasteiger charge is -2.45. The molecule has 1 aliphatic carbocycles. The molecular weight excluding hydrogens is 224 g/mol. The Kier molecular flexibility index (Phi) is 7.20. The summed E-state index contributed by atoms with van der Waals surface area (Å²) in [6.07, 6.45) is 8.67. The standard InChI is InChI=1S/C15H32N2O/c1-14-8-7-9-15(12-14,17(2)3)13-16-10-5-4-6-11-18/h14,16,18H,4-13H2,1-3H3. The number of nitrogens with zero attached hydrogens (tertiary/aromatic N) is 1. The molecule has 0 bridgehead atoms. The van der Waals surface area contributed by atoms with Gasteiger partial charge in [0.15, 0.2) is 0 Å². The van der Waals surface area contributed by atoms with Crippen molar-refractivity contribution in [2.45, 2.75) is 57.4 Å². The van der Waals surface area contributed by atoms with E-state index in [1.807, 2.05) is 0 Å². The summed E-state index contributed by atoms with van der Waals surface area (Å²) in [5, 5.41) is 12.4. The SMILES string of the molecule is CC1CCCC(CNCCCCCO)(N(C)C)C1. The average Bonchev–Trinajstić information content (AvgIpc) is 2.33. The van der Waals surface area contributed by atoms with E-state index < -0.39 is 0 Å². The topological polar surface area (TPSA) is 35.5 Å². The minimum atomic E-state index is 0.332. The highest BCUT2D eigenvalue weighted by molar-refractivity contribution is 4.94. The molecule has 0 aromatic carbocycles. The number of nitrogens with one attached hydrogen (secondary N) is 1. The van der Waals surface area contributed by atoms with Crippen LogP contribution < -0.4 is 5.32 Å². The summed E-state index contributed by atoms with van der Waals surface area (Å²) in [7, 11) is 4.46. The second kappa shape index (κ2) is 8.13. The van der Waals surface area contributed by atoms with E-state index in [4.69, 9.17) is 5.11 Å². The van der Waals surface area contributed by atoms with E-state index in [0.717, 1.165) is 31.8 Å². The third-order valence-electron chi connectivity index (χ3n) is 4.48.